The van der Waals surface area contributed by atoms with Crippen molar-refractivity contribution in [2.75, 3.05) is 11.9 Å². The van der Waals surface area contributed by atoms with E-state index in [0.717, 1.165) is 10.2 Å². The van der Waals surface area contributed by atoms with Gasteiger partial charge in [-0.2, -0.15) is 0 Å². The van der Waals surface area contributed by atoms with Gasteiger partial charge >= 0.3 is 6.09 Å². The summed E-state index contributed by atoms with van der Waals surface area (Å²) in [5.41, 5.74) is 0.589. The van der Waals surface area contributed by atoms with Crippen LogP contribution in [0.15, 0.2) is 42.0 Å². The molecule has 1 aromatic carbocycles. The molecule has 2 aromatic heterocycles. The minimum Gasteiger partial charge on any atom is -0.450 e. The molecule has 0 saturated carbocycles. The Morgan fingerprint density at radius 3 is 3.09 bits per heavy atom. The van der Waals surface area contributed by atoms with E-state index in [0.29, 0.717) is 23.9 Å². The maximum atomic E-state index is 11.4. The SMILES string of the molecule is CCOC(=O)Nc1cccc(Oc2ncnc3sccc23)c1. The topological polar surface area (TPSA) is 73.3 Å². The molecular weight excluding hydrogens is 302 g/mol. The first-order valence-corrected chi connectivity index (χ1v) is 7.54. The van der Waals surface area contributed by atoms with E-state index in [1.165, 1.54) is 17.7 Å². The number of rotatable bonds is 4. The van der Waals surface area contributed by atoms with E-state index in [2.05, 4.69) is 15.3 Å². The lowest BCUT2D eigenvalue weighted by Gasteiger charge is -2.08. The lowest BCUT2D eigenvalue weighted by molar-refractivity contribution is 0.168. The molecule has 0 radical (unpaired) electrons. The van der Waals surface area contributed by atoms with Crippen LogP contribution in [0, 0.1) is 0 Å². The summed E-state index contributed by atoms with van der Waals surface area (Å²) in [6.07, 6.45) is 0.969. The number of ether oxygens (including phenoxy) is 2. The summed E-state index contributed by atoms with van der Waals surface area (Å²) < 4.78 is 10.6. The quantitative estimate of drug-likeness (QED) is 0.786. The van der Waals surface area contributed by atoms with Crippen molar-refractivity contribution in [2.45, 2.75) is 6.92 Å². The molecule has 0 atom stereocenters. The second kappa shape index (κ2) is 6.40. The summed E-state index contributed by atoms with van der Waals surface area (Å²) in [5, 5.41) is 5.42. The molecule has 0 aliphatic heterocycles. The number of carbonyl (C=O) groups excluding carboxylic acids is 1. The summed E-state index contributed by atoms with van der Waals surface area (Å²) in [6.45, 7) is 2.07. The zero-order chi connectivity index (χ0) is 15.4. The average molecular weight is 315 g/mol. The number of nitrogens with zero attached hydrogens (tertiary/aromatic N) is 2. The summed E-state index contributed by atoms with van der Waals surface area (Å²) in [4.78, 5) is 20.6. The Morgan fingerprint density at radius 1 is 1.32 bits per heavy atom. The highest BCUT2D eigenvalue weighted by molar-refractivity contribution is 7.16. The van der Waals surface area contributed by atoms with Gasteiger partial charge in [-0.3, -0.25) is 5.32 Å². The first-order chi connectivity index (χ1) is 10.8. The van der Waals surface area contributed by atoms with Gasteiger partial charge in [0.25, 0.3) is 0 Å². The molecule has 3 aromatic rings. The van der Waals surface area contributed by atoms with E-state index in [9.17, 15) is 4.79 Å². The standard InChI is InChI=1S/C15H13N3O3S/c1-2-20-15(19)18-10-4-3-5-11(8-10)21-13-12-6-7-22-14(12)17-9-16-13/h3-9H,2H2,1H3,(H,18,19). The lowest BCUT2D eigenvalue weighted by atomic mass is 10.3. The van der Waals surface area contributed by atoms with Crippen molar-refractivity contribution < 1.29 is 14.3 Å². The van der Waals surface area contributed by atoms with Gasteiger partial charge in [0.2, 0.25) is 5.88 Å². The molecule has 2 heterocycles. The van der Waals surface area contributed by atoms with E-state index < -0.39 is 6.09 Å². The number of thiophene rings is 1. The van der Waals surface area contributed by atoms with Crippen molar-refractivity contribution in [2.24, 2.45) is 0 Å². The zero-order valence-electron chi connectivity index (χ0n) is 11.8. The van der Waals surface area contributed by atoms with Crippen LogP contribution >= 0.6 is 11.3 Å². The van der Waals surface area contributed by atoms with Gasteiger partial charge in [0.05, 0.1) is 12.0 Å². The monoisotopic (exact) mass is 315 g/mol. The van der Waals surface area contributed by atoms with Crippen molar-refractivity contribution in [1.29, 1.82) is 0 Å². The molecule has 0 aliphatic rings. The number of aromatic nitrogens is 2. The molecule has 0 aliphatic carbocycles. The van der Waals surface area contributed by atoms with Gasteiger partial charge in [-0.15, -0.1) is 11.3 Å². The summed E-state index contributed by atoms with van der Waals surface area (Å²) in [5.74, 6) is 1.06. The molecule has 7 heteroatoms. The molecule has 0 bridgehead atoms. The van der Waals surface area contributed by atoms with E-state index in [1.807, 2.05) is 11.4 Å². The van der Waals surface area contributed by atoms with Crippen LogP contribution in [0.2, 0.25) is 0 Å². The Bertz CT molecular complexity index is 803. The molecular formula is C15H13N3O3S. The molecule has 1 N–H and O–H groups in total. The van der Waals surface area contributed by atoms with E-state index in [1.54, 1.807) is 31.2 Å². The summed E-state index contributed by atoms with van der Waals surface area (Å²) >= 11 is 1.52. The molecule has 0 saturated heterocycles. The highest BCUT2D eigenvalue weighted by Gasteiger charge is 2.08. The number of anilines is 1. The number of fused-ring (bicyclic) bond motifs is 1. The van der Waals surface area contributed by atoms with Crippen LogP contribution in [0.4, 0.5) is 10.5 Å². The van der Waals surface area contributed by atoms with Gasteiger partial charge in [-0.05, 0) is 30.5 Å². The first kappa shape index (κ1) is 14.3. The van der Waals surface area contributed by atoms with Crippen LogP contribution in [0.5, 0.6) is 11.6 Å². The predicted molar refractivity (Wildman–Crippen MR) is 84.6 cm³/mol. The predicted octanol–water partition coefficient (Wildman–Crippen LogP) is 4.05. The molecule has 6 nitrogen and oxygen atoms in total. The number of hydrogen-bond donors (Lipinski definition) is 1. The third-order valence-electron chi connectivity index (χ3n) is 2.80. The van der Waals surface area contributed by atoms with Crippen molar-refractivity contribution in [3.63, 3.8) is 0 Å². The first-order valence-electron chi connectivity index (χ1n) is 6.66. The highest BCUT2D eigenvalue weighted by atomic mass is 32.1. The molecule has 0 unspecified atom stereocenters. The van der Waals surface area contributed by atoms with Crippen LogP contribution in [-0.2, 0) is 4.74 Å². The summed E-state index contributed by atoms with van der Waals surface area (Å²) in [7, 11) is 0. The molecule has 1 amide bonds. The Labute approximate surface area is 130 Å². The van der Waals surface area contributed by atoms with E-state index >= 15 is 0 Å². The Hall–Kier alpha value is -2.67. The van der Waals surface area contributed by atoms with Crippen molar-refractivity contribution in [3.8, 4) is 11.6 Å². The zero-order valence-corrected chi connectivity index (χ0v) is 12.6. The maximum Gasteiger partial charge on any atom is 0.411 e. The normalized spacial score (nSPS) is 10.4. The third kappa shape index (κ3) is 3.15. The lowest BCUT2D eigenvalue weighted by Crippen LogP contribution is -2.13. The average Bonchev–Trinajstić information content (AvgIpc) is 2.97. The van der Waals surface area contributed by atoms with Gasteiger partial charge in [-0.25, -0.2) is 14.8 Å². The highest BCUT2D eigenvalue weighted by Crippen LogP contribution is 2.30. The van der Waals surface area contributed by atoms with Crippen LogP contribution < -0.4 is 10.1 Å². The fourth-order valence-electron chi connectivity index (χ4n) is 1.88. The minimum atomic E-state index is -0.498. The maximum absolute atomic E-state index is 11.4. The van der Waals surface area contributed by atoms with Crippen LogP contribution in [-0.4, -0.2) is 22.7 Å². The van der Waals surface area contributed by atoms with Crippen LogP contribution in [0.1, 0.15) is 6.92 Å². The smallest absolute Gasteiger partial charge is 0.411 e. The molecule has 22 heavy (non-hydrogen) atoms. The van der Waals surface area contributed by atoms with Gasteiger partial charge in [0, 0.05) is 11.8 Å². The largest absolute Gasteiger partial charge is 0.450 e. The van der Waals surface area contributed by atoms with E-state index in [4.69, 9.17) is 9.47 Å². The second-order valence-corrected chi connectivity index (χ2v) is 5.19. The van der Waals surface area contributed by atoms with Gasteiger partial charge in [0.1, 0.15) is 16.9 Å². The molecule has 0 fully saturated rings. The number of hydrogen-bond acceptors (Lipinski definition) is 6. The fourth-order valence-corrected chi connectivity index (χ4v) is 2.61. The Kier molecular flexibility index (Phi) is 4.15. The molecule has 112 valence electrons. The minimum absolute atomic E-state index is 0.319. The second-order valence-electron chi connectivity index (χ2n) is 4.29. The van der Waals surface area contributed by atoms with Crippen molar-refractivity contribution >= 4 is 33.3 Å². The fraction of sp³-hybridized carbons (Fsp3) is 0.133. The number of amides is 1. The number of nitrogens with one attached hydrogen (secondary N) is 1. The Morgan fingerprint density at radius 2 is 2.23 bits per heavy atom. The molecule has 3 rings (SSSR count). The van der Waals surface area contributed by atoms with Crippen molar-refractivity contribution in [3.05, 3.63) is 42.0 Å². The third-order valence-corrected chi connectivity index (χ3v) is 3.62. The number of benzene rings is 1. The van der Waals surface area contributed by atoms with Gasteiger partial charge in [0.15, 0.2) is 0 Å². The van der Waals surface area contributed by atoms with Gasteiger partial charge in [-0.1, -0.05) is 6.07 Å². The molecule has 0 spiro atoms. The van der Waals surface area contributed by atoms with Crippen LogP contribution in [0.25, 0.3) is 10.2 Å². The Balaban J connectivity index is 1.81. The number of carbonyl (C=O) groups is 1. The van der Waals surface area contributed by atoms with Gasteiger partial charge < -0.3 is 9.47 Å². The van der Waals surface area contributed by atoms with E-state index in [-0.39, 0.29) is 0 Å². The van der Waals surface area contributed by atoms with Crippen LogP contribution in [0.3, 0.4) is 0 Å². The summed E-state index contributed by atoms with van der Waals surface area (Å²) in [6, 6.07) is 8.94. The van der Waals surface area contributed by atoms with Crippen molar-refractivity contribution in [1.82, 2.24) is 9.97 Å².